The van der Waals surface area contributed by atoms with Crippen molar-refractivity contribution in [1.29, 1.82) is 0 Å². The van der Waals surface area contributed by atoms with Gasteiger partial charge in [-0.05, 0) is 24.6 Å². The van der Waals surface area contributed by atoms with Gasteiger partial charge in [0, 0.05) is 12.1 Å². The van der Waals surface area contributed by atoms with E-state index in [1.54, 1.807) is 13.0 Å². The molecule has 0 aliphatic carbocycles. The van der Waals surface area contributed by atoms with Gasteiger partial charge in [0.05, 0.1) is 0 Å². The van der Waals surface area contributed by atoms with Crippen molar-refractivity contribution in [3.63, 3.8) is 0 Å². The predicted molar refractivity (Wildman–Crippen MR) is 48.6 cm³/mol. The van der Waals surface area contributed by atoms with Crippen molar-refractivity contribution >= 4 is 0 Å². The average molecular weight is 184 g/mol. The first-order chi connectivity index (χ1) is 6.02. The van der Waals surface area contributed by atoms with Gasteiger partial charge in [0.15, 0.2) is 11.6 Å². The van der Waals surface area contributed by atoms with Crippen LogP contribution in [0, 0.1) is 5.82 Å². The fraction of sp³-hybridized carbons (Fsp3) is 0.333. The Hall–Kier alpha value is -1.13. The topological polar surface area (TPSA) is 72.3 Å². The monoisotopic (exact) mass is 184 g/mol. The summed E-state index contributed by atoms with van der Waals surface area (Å²) >= 11 is 0. The van der Waals surface area contributed by atoms with Gasteiger partial charge in [-0.3, -0.25) is 0 Å². The van der Waals surface area contributed by atoms with E-state index in [9.17, 15) is 4.39 Å². The van der Waals surface area contributed by atoms with Crippen molar-refractivity contribution in [3.05, 3.63) is 29.6 Å². The standard InChI is InChI=1S/C9H13FN2O/c1-5(11)9(12)6-2-3-8(13)7(10)4-6/h2-5,9,13H,11-12H2,1H3/t5-,9+/m0/s1. The van der Waals surface area contributed by atoms with Gasteiger partial charge < -0.3 is 16.6 Å². The molecule has 1 aromatic rings. The number of halogens is 1. The normalized spacial score (nSPS) is 15.4. The highest BCUT2D eigenvalue weighted by atomic mass is 19.1. The Morgan fingerprint density at radius 3 is 2.46 bits per heavy atom. The smallest absolute Gasteiger partial charge is 0.165 e. The fourth-order valence-electron chi connectivity index (χ4n) is 1.03. The summed E-state index contributed by atoms with van der Waals surface area (Å²) in [6.07, 6.45) is 0. The van der Waals surface area contributed by atoms with Crippen LogP contribution < -0.4 is 11.5 Å². The first-order valence-corrected chi connectivity index (χ1v) is 4.02. The molecule has 0 amide bonds. The van der Waals surface area contributed by atoms with Gasteiger partial charge >= 0.3 is 0 Å². The number of phenolic OH excluding ortho intramolecular Hbond substituents is 1. The second-order valence-corrected chi connectivity index (χ2v) is 3.10. The van der Waals surface area contributed by atoms with Gasteiger partial charge in [-0.25, -0.2) is 4.39 Å². The molecule has 2 atom stereocenters. The quantitative estimate of drug-likeness (QED) is 0.638. The molecule has 0 fully saturated rings. The first-order valence-electron chi connectivity index (χ1n) is 4.02. The number of hydrogen-bond acceptors (Lipinski definition) is 3. The van der Waals surface area contributed by atoms with Gasteiger partial charge in [0.25, 0.3) is 0 Å². The number of hydrogen-bond donors (Lipinski definition) is 3. The van der Waals surface area contributed by atoms with Crippen LogP contribution in [0.2, 0.25) is 0 Å². The zero-order valence-corrected chi connectivity index (χ0v) is 7.37. The van der Waals surface area contributed by atoms with Crippen LogP contribution in [-0.4, -0.2) is 11.1 Å². The third kappa shape index (κ3) is 2.17. The van der Waals surface area contributed by atoms with Gasteiger partial charge in [-0.1, -0.05) is 6.07 Å². The summed E-state index contributed by atoms with van der Waals surface area (Å²) in [5.74, 6) is -1.05. The third-order valence-corrected chi connectivity index (χ3v) is 1.92. The molecule has 0 aliphatic rings. The van der Waals surface area contributed by atoms with E-state index in [1.807, 2.05) is 0 Å². The Morgan fingerprint density at radius 1 is 1.38 bits per heavy atom. The number of aromatic hydroxyl groups is 1. The minimum atomic E-state index is -0.673. The number of benzene rings is 1. The van der Waals surface area contributed by atoms with E-state index >= 15 is 0 Å². The summed E-state index contributed by atoms with van der Waals surface area (Å²) in [7, 11) is 0. The maximum absolute atomic E-state index is 12.9. The molecule has 0 spiro atoms. The molecule has 72 valence electrons. The lowest BCUT2D eigenvalue weighted by Gasteiger charge is -2.15. The second kappa shape index (κ2) is 3.72. The minimum absolute atomic E-state index is 0.246. The lowest BCUT2D eigenvalue weighted by Crippen LogP contribution is -2.31. The first kappa shape index (κ1) is 9.95. The van der Waals surface area contributed by atoms with Crippen LogP contribution in [0.15, 0.2) is 18.2 Å². The predicted octanol–water partition coefficient (Wildman–Crippen LogP) is 0.878. The van der Waals surface area contributed by atoms with E-state index in [2.05, 4.69) is 0 Å². The summed E-state index contributed by atoms with van der Waals surface area (Å²) in [6, 6.07) is 3.38. The van der Waals surface area contributed by atoms with E-state index in [0.717, 1.165) is 0 Å². The highest BCUT2D eigenvalue weighted by molar-refractivity contribution is 5.30. The van der Waals surface area contributed by atoms with Crippen molar-refractivity contribution in [2.75, 3.05) is 0 Å². The average Bonchev–Trinajstić information content (AvgIpc) is 2.08. The molecule has 0 saturated carbocycles. The minimum Gasteiger partial charge on any atom is -0.505 e. The van der Waals surface area contributed by atoms with Crippen molar-refractivity contribution in [3.8, 4) is 5.75 Å². The molecule has 0 unspecified atom stereocenters. The Labute approximate surface area is 76.2 Å². The van der Waals surface area contributed by atoms with Gasteiger partial charge in [-0.2, -0.15) is 0 Å². The summed E-state index contributed by atoms with van der Waals surface area (Å²) < 4.78 is 12.9. The maximum Gasteiger partial charge on any atom is 0.165 e. The molecule has 0 aromatic heterocycles. The highest BCUT2D eigenvalue weighted by Crippen LogP contribution is 2.20. The summed E-state index contributed by atoms with van der Waals surface area (Å²) in [5.41, 5.74) is 11.8. The molecule has 0 aliphatic heterocycles. The van der Waals surface area contributed by atoms with E-state index in [4.69, 9.17) is 16.6 Å². The van der Waals surface area contributed by atoms with E-state index in [-0.39, 0.29) is 11.8 Å². The van der Waals surface area contributed by atoms with Crippen LogP contribution in [-0.2, 0) is 0 Å². The molecule has 5 N–H and O–H groups in total. The Morgan fingerprint density at radius 2 is 2.00 bits per heavy atom. The highest BCUT2D eigenvalue weighted by Gasteiger charge is 2.12. The molecule has 0 heterocycles. The Bertz CT molecular complexity index is 302. The molecule has 0 bridgehead atoms. The van der Waals surface area contributed by atoms with Crippen LogP contribution in [0.25, 0.3) is 0 Å². The van der Waals surface area contributed by atoms with Crippen LogP contribution >= 0.6 is 0 Å². The summed E-state index contributed by atoms with van der Waals surface area (Å²) in [4.78, 5) is 0. The van der Waals surface area contributed by atoms with Crippen LogP contribution in [0.3, 0.4) is 0 Å². The SMILES string of the molecule is C[C@H](N)[C@@H](N)c1ccc(O)c(F)c1. The summed E-state index contributed by atoms with van der Waals surface area (Å²) in [6.45, 7) is 1.75. The largest absolute Gasteiger partial charge is 0.505 e. The molecule has 4 heteroatoms. The van der Waals surface area contributed by atoms with Crippen molar-refractivity contribution in [2.45, 2.75) is 19.0 Å². The molecule has 0 saturated heterocycles. The van der Waals surface area contributed by atoms with E-state index < -0.39 is 11.9 Å². The molecule has 1 aromatic carbocycles. The van der Waals surface area contributed by atoms with Crippen molar-refractivity contribution < 1.29 is 9.50 Å². The maximum atomic E-state index is 12.9. The van der Waals surface area contributed by atoms with Gasteiger partial charge in [0.2, 0.25) is 0 Å². The Kier molecular flexibility index (Phi) is 2.85. The number of phenols is 1. The fourth-order valence-corrected chi connectivity index (χ4v) is 1.03. The zero-order valence-electron chi connectivity index (χ0n) is 7.37. The van der Waals surface area contributed by atoms with Gasteiger partial charge in [0.1, 0.15) is 0 Å². The number of rotatable bonds is 2. The summed E-state index contributed by atoms with van der Waals surface area (Å²) in [5, 5.41) is 8.92. The second-order valence-electron chi connectivity index (χ2n) is 3.10. The van der Waals surface area contributed by atoms with Crippen LogP contribution in [0.5, 0.6) is 5.75 Å². The zero-order chi connectivity index (χ0) is 10.0. The van der Waals surface area contributed by atoms with Crippen LogP contribution in [0.1, 0.15) is 18.5 Å². The molecule has 13 heavy (non-hydrogen) atoms. The van der Waals surface area contributed by atoms with E-state index in [1.165, 1.54) is 12.1 Å². The lowest BCUT2D eigenvalue weighted by atomic mass is 10.0. The van der Waals surface area contributed by atoms with Crippen molar-refractivity contribution in [2.24, 2.45) is 11.5 Å². The van der Waals surface area contributed by atoms with Crippen LogP contribution in [0.4, 0.5) is 4.39 Å². The molecular formula is C9H13FN2O. The molecule has 0 radical (unpaired) electrons. The van der Waals surface area contributed by atoms with Gasteiger partial charge in [-0.15, -0.1) is 0 Å². The third-order valence-electron chi connectivity index (χ3n) is 1.92. The Balaban J connectivity index is 2.97. The molecular weight excluding hydrogens is 171 g/mol. The molecule has 1 rings (SSSR count). The van der Waals surface area contributed by atoms with Crippen molar-refractivity contribution in [1.82, 2.24) is 0 Å². The number of nitrogens with two attached hydrogens (primary N) is 2. The van der Waals surface area contributed by atoms with E-state index in [0.29, 0.717) is 5.56 Å². The lowest BCUT2D eigenvalue weighted by molar-refractivity contribution is 0.430. The molecule has 3 nitrogen and oxygen atoms in total.